The monoisotopic (exact) mass is 472 g/mol. The molecule has 30 heavy (non-hydrogen) atoms. The highest BCUT2D eigenvalue weighted by molar-refractivity contribution is 7.89. The van der Waals surface area contributed by atoms with E-state index in [1.54, 1.807) is 0 Å². The zero-order valence-corrected chi connectivity index (χ0v) is 18.9. The third kappa shape index (κ3) is 5.32. The Kier molecular flexibility index (Phi) is 7.07. The normalized spacial score (nSPS) is 22.0. The van der Waals surface area contributed by atoms with Crippen molar-refractivity contribution in [3.8, 4) is 0 Å². The Labute approximate surface area is 186 Å². The van der Waals surface area contributed by atoms with Gasteiger partial charge in [-0.2, -0.15) is 0 Å². The summed E-state index contributed by atoms with van der Waals surface area (Å²) in [7, 11) is -3.91. The van der Waals surface area contributed by atoms with Gasteiger partial charge in [0.15, 0.2) is 0 Å². The minimum Gasteiger partial charge on any atom is -0.322 e. The molecule has 3 rings (SSSR count). The highest BCUT2D eigenvalue weighted by Crippen LogP contribution is 2.31. The molecule has 2 aromatic carbocycles. The quantitative estimate of drug-likeness (QED) is 0.603. The van der Waals surface area contributed by atoms with Crippen LogP contribution in [0.15, 0.2) is 41.3 Å². The number of hydrogen-bond acceptors (Lipinski definition) is 3. The summed E-state index contributed by atoms with van der Waals surface area (Å²) in [5, 5.41) is 3.09. The second kappa shape index (κ2) is 9.22. The molecule has 3 atom stereocenters. The minimum atomic E-state index is -3.91. The summed E-state index contributed by atoms with van der Waals surface area (Å²) in [6, 6.07) is 7.37. The maximum absolute atomic E-state index is 14.3. The van der Waals surface area contributed by atoms with Gasteiger partial charge in [0.2, 0.25) is 10.0 Å². The van der Waals surface area contributed by atoms with Crippen molar-refractivity contribution in [1.29, 1.82) is 0 Å². The standard InChI is InChI=1S/C21H23Cl2FN2O3S/c1-12-4-3-5-20(13(12)2)26-30(28,29)17-6-7-19(24)18(11-17)21(27)25-16-9-14(22)8-15(23)10-16/h6-13,20,26H,3-5H2,1-2H3,(H,25,27)/t12-,13+,20+/m1/s1. The second-order valence-corrected chi connectivity index (χ2v) is 10.3. The van der Waals surface area contributed by atoms with E-state index in [4.69, 9.17) is 23.2 Å². The third-order valence-electron chi connectivity index (χ3n) is 5.63. The summed E-state index contributed by atoms with van der Waals surface area (Å²) in [5.74, 6) is -1.04. The van der Waals surface area contributed by atoms with Crippen LogP contribution in [0.25, 0.3) is 0 Å². The third-order valence-corrected chi connectivity index (χ3v) is 7.55. The van der Waals surface area contributed by atoms with Gasteiger partial charge in [-0.1, -0.05) is 49.9 Å². The fourth-order valence-electron chi connectivity index (χ4n) is 3.69. The first-order valence-corrected chi connectivity index (χ1v) is 11.9. The van der Waals surface area contributed by atoms with E-state index in [0.717, 1.165) is 37.5 Å². The van der Waals surface area contributed by atoms with Crippen LogP contribution in [0.2, 0.25) is 10.0 Å². The number of sulfonamides is 1. The Morgan fingerprint density at radius 3 is 2.40 bits per heavy atom. The van der Waals surface area contributed by atoms with Gasteiger partial charge in [-0.15, -0.1) is 0 Å². The van der Waals surface area contributed by atoms with E-state index in [0.29, 0.717) is 16.0 Å². The first-order chi connectivity index (χ1) is 14.1. The number of amides is 1. The lowest BCUT2D eigenvalue weighted by Gasteiger charge is -2.34. The summed E-state index contributed by atoms with van der Waals surface area (Å²) in [4.78, 5) is 12.4. The molecule has 1 aliphatic rings. The van der Waals surface area contributed by atoms with Crippen molar-refractivity contribution >= 4 is 44.8 Å². The average Bonchev–Trinajstić information content (AvgIpc) is 2.64. The van der Waals surface area contributed by atoms with E-state index in [1.165, 1.54) is 18.2 Å². The van der Waals surface area contributed by atoms with Gasteiger partial charge in [-0.3, -0.25) is 4.79 Å². The maximum atomic E-state index is 14.3. The smallest absolute Gasteiger partial charge is 0.258 e. The highest BCUT2D eigenvalue weighted by Gasteiger charge is 2.31. The summed E-state index contributed by atoms with van der Waals surface area (Å²) >= 11 is 11.8. The molecule has 1 amide bonds. The van der Waals surface area contributed by atoms with Crippen LogP contribution >= 0.6 is 23.2 Å². The molecule has 162 valence electrons. The fourth-order valence-corrected chi connectivity index (χ4v) is 5.60. The Morgan fingerprint density at radius 2 is 1.73 bits per heavy atom. The van der Waals surface area contributed by atoms with E-state index in [2.05, 4.69) is 17.0 Å². The van der Waals surface area contributed by atoms with Gasteiger partial charge < -0.3 is 5.32 Å². The molecule has 0 bridgehead atoms. The number of carbonyl (C=O) groups excluding carboxylic acids is 1. The Balaban J connectivity index is 1.84. The molecule has 5 nitrogen and oxygen atoms in total. The van der Waals surface area contributed by atoms with E-state index < -0.39 is 21.7 Å². The first-order valence-electron chi connectivity index (χ1n) is 9.66. The van der Waals surface area contributed by atoms with Crippen molar-refractivity contribution in [3.63, 3.8) is 0 Å². The van der Waals surface area contributed by atoms with E-state index >= 15 is 0 Å². The lowest BCUT2D eigenvalue weighted by Crippen LogP contribution is -2.43. The molecular weight excluding hydrogens is 450 g/mol. The molecule has 9 heteroatoms. The van der Waals surface area contributed by atoms with Gasteiger partial charge in [0, 0.05) is 21.8 Å². The van der Waals surface area contributed by atoms with Crippen LogP contribution in [-0.2, 0) is 10.0 Å². The second-order valence-electron chi connectivity index (χ2n) is 7.75. The predicted molar refractivity (Wildman–Crippen MR) is 117 cm³/mol. The predicted octanol–water partition coefficient (Wildman–Crippen LogP) is 5.49. The lowest BCUT2D eigenvalue weighted by atomic mass is 9.78. The van der Waals surface area contributed by atoms with Crippen molar-refractivity contribution in [3.05, 3.63) is 57.8 Å². The Morgan fingerprint density at radius 1 is 1.07 bits per heavy atom. The fraction of sp³-hybridized carbons (Fsp3) is 0.381. The summed E-state index contributed by atoms with van der Waals surface area (Å²) < 4.78 is 42.8. The molecule has 1 fully saturated rings. The summed E-state index contributed by atoms with van der Waals surface area (Å²) in [6.45, 7) is 4.13. The van der Waals surface area contributed by atoms with Crippen LogP contribution in [0.5, 0.6) is 0 Å². The van der Waals surface area contributed by atoms with Crippen molar-refractivity contribution in [2.24, 2.45) is 11.8 Å². The Hall–Kier alpha value is -1.67. The topological polar surface area (TPSA) is 75.3 Å². The number of nitrogens with one attached hydrogen (secondary N) is 2. The molecule has 0 unspecified atom stereocenters. The number of benzene rings is 2. The molecule has 0 radical (unpaired) electrons. The molecular formula is C21H23Cl2FN2O3S. The van der Waals surface area contributed by atoms with E-state index in [1.807, 2.05) is 6.92 Å². The largest absolute Gasteiger partial charge is 0.322 e. The summed E-state index contributed by atoms with van der Waals surface area (Å²) in [6.07, 6.45) is 2.75. The molecule has 1 saturated carbocycles. The zero-order valence-electron chi connectivity index (χ0n) is 16.6. The van der Waals surface area contributed by atoms with Crippen molar-refractivity contribution in [1.82, 2.24) is 4.72 Å². The van der Waals surface area contributed by atoms with Gasteiger partial charge in [0.05, 0.1) is 10.5 Å². The molecule has 0 spiro atoms. The van der Waals surface area contributed by atoms with Gasteiger partial charge >= 0.3 is 0 Å². The van der Waals surface area contributed by atoms with Crippen molar-refractivity contribution in [2.45, 2.75) is 44.0 Å². The van der Waals surface area contributed by atoms with Crippen LogP contribution in [0, 0.1) is 17.7 Å². The van der Waals surface area contributed by atoms with Crippen LogP contribution < -0.4 is 10.0 Å². The number of halogens is 3. The minimum absolute atomic E-state index is 0.163. The molecule has 2 aromatic rings. The number of carbonyl (C=O) groups is 1. The van der Waals surface area contributed by atoms with Gasteiger partial charge in [0.25, 0.3) is 5.91 Å². The number of rotatable bonds is 5. The average molecular weight is 473 g/mol. The maximum Gasteiger partial charge on any atom is 0.258 e. The number of anilines is 1. The molecule has 0 aromatic heterocycles. The molecule has 1 aliphatic carbocycles. The van der Waals surface area contributed by atoms with Crippen LogP contribution in [0.3, 0.4) is 0 Å². The summed E-state index contributed by atoms with van der Waals surface area (Å²) in [5.41, 5.74) is -0.118. The van der Waals surface area contributed by atoms with E-state index in [-0.39, 0.29) is 28.1 Å². The van der Waals surface area contributed by atoms with Crippen LogP contribution in [0.4, 0.5) is 10.1 Å². The van der Waals surface area contributed by atoms with Crippen molar-refractivity contribution < 1.29 is 17.6 Å². The van der Waals surface area contributed by atoms with Gasteiger partial charge in [-0.05, 0) is 54.7 Å². The van der Waals surface area contributed by atoms with E-state index in [9.17, 15) is 17.6 Å². The molecule has 0 saturated heterocycles. The highest BCUT2D eigenvalue weighted by atomic mass is 35.5. The SMILES string of the molecule is C[C@H]1[C@H](C)CCC[C@@H]1NS(=O)(=O)c1ccc(F)c(C(=O)Nc2cc(Cl)cc(Cl)c2)c1. The molecule has 2 N–H and O–H groups in total. The lowest BCUT2D eigenvalue weighted by molar-refractivity contribution is 0.102. The zero-order chi connectivity index (χ0) is 22.1. The Bertz CT molecular complexity index is 1040. The van der Waals surface area contributed by atoms with Crippen LogP contribution in [0.1, 0.15) is 43.5 Å². The first kappa shape index (κ1) is 23.0. The van der Waals surface area contributed by atoms with Crippen molar-refractivity contribution in [2.75, 3.05) is 5.32 Å². The van der Waals surface area contributed by atoms with Gasteiger partial charge in [-0.25, -0.2) is 17.5 Å². The van der Waals surface area contributed by atoms with Gasteiger partial charge in [0.1, 0.15) is 5.82 Å². The molecule has 0 heterocycles. The van der Waals surface area contributed by atoms with Crippen LogP contribution in [-0.4, -0.2) is 20.4 Å². The molecule has 0 aliphatic heterocycles. The number of hydrogen-bond donors (Lipinski definition) is 2.